The third kappa shape index (κ3) is 2.86. The van der Waals surface area contributed by atoms with Crippen molar-refractivity contribution in [2.75, 3.05) is 0 Å². The fourth-order valence-corrected chi connectivity index (χ4v) is 0.864. The predicted octanol–water partition coefficient (Wildman–Crippen LogP) is 2.53. The van der Waals surface area contributed by atoms with Gasteiger partial charge in [0.1, 0.15) is 0 Å². The van der Waals surface area contributed by atoms with Crippen molar-refractivity contribution in [2.24, 2.45) is 0 Å². The Morgan fingerprint density at radius 3 is 2.54 bits per heavy atom. The molecule has 0 saturated carbocycles. The van der Waals surface area contributed by atoms with Crippen molar-refractivity contribution >= 4 is 29.5 Å². The van der Waals surface area contributed by atoms with E-state index >= 15 is 0 Å². The molecule has 5 heteroatoms. The number of ether oxygens (including phenoxy) is 1. The van der Waals surface area contributed by atoms with Gasteiger partial charge in [0.15, 0.2) is 17.9 Å². The number of aldehydes is 1. The van der Waals surface area contributed by atoms with Crippen molar-refractivity contribution in [3.63, 3.8) is 0 Å². The molecule has 0 saturated heterocycles. The van der Waals surface area contributed by atoms with Crippen LogP contribution in [0.15, 0.2) is 24.3 Å². The summed E-state index contributed by atoms with van der Waals surface area (Å²) in [6.07, 6.45) is 0.169. The molecule has 0 aliphatic carbocycles. The molecule has 1 aromatic carbocycles. The largest absolute Gasteiger partial charge is 0.449 e. The van der Waals surface area contributed by atoms with E-state index in [0.29, 0.717) is 0 Å². The molecule has 0 fully saturated rings. The maximum absolute atomic E-state index is 12.9. The van der Waals surface area contributed by atoms with Crippen LogP contribution in [0.3, 0.4) is 0 Å². The molecule has 0 atom stereocenters. The molecule has 0 N–H and O–H groups in total. The number of halogens is 3. The van der Waals surface area contributed by atoms with Crippen LogP contribution in [0.25, 0.3) is 0 Å². The third-order valence-electron chi connectivity index (χ3n) is 1.22. The molecule has 0 bridgehead atoms. The molecule has 1 aromatic rings. The lowest BCUT2D eigenvalue weighted by atomic mass is 10.3. The van der Waals surface area contributed by atoms with E-state index in [9.17, 15) is 9.18 Å². The average Bonchev–Trinajstić information content (AvgIpc) is 2.09. The van der Waals surface area contributed by atoms with Crippen LogP contribution < -0.4 is 4.74 Å². The molecule has 0 amide bonds. The molecule has 0 radical (unpaired) electrons. The summed E-state index contributed by atoms with van der Waals surface area (Å²) in [5.41, 5.74) is 0. The highest BCUT2D eigenvalue weighted by Gasteiger charge is 2.26. The van der Waals surface area contributed by atoms with Crippen LogP contribution in [-0.4, -0.2) is 10.8 Å². The molecule has 0 spiro atoms. The van der Waals surface area contributed by atoms with Gasteiger partial charge < -0.3 is 4.74 Å². The van der Waals surface area contributed by atoms with Gasteiger partial charge in [-0.1, -0.05) is 12.1 Å². The van der Waals surface area contributed by atoms with Crippen molar-refractivity contribution in [1.82, 2.24) is 0 Å². The zero-order chi connectivity index (χ0) is 9.90. The monoisotopic (exact) mass is 222 g/mol. The minimum atomic E-state index is -2.04. The summed E-state index contributed by atoms with van der Waals surface area (Å²) in [5.74, 6) is -0.797. The molecule has 1 rings (SSSR count). The van der Waals surface area contributed by atoms with Crippen LogP contribution >= 0.6 is 23.2 Å². The van der Waals surface area contributed by atoms with Crippen LogP contribution in [0, 0.1) is 5.82 Å². The van der Waals surface area contributed by atoms with Gasteiger partial charge in [0, 0.05) is 0 Å². The average molecular weight is 223 g/mol. The van der Waals surface area contributed by atoms with E-state index in [1.165, 1.54) is 24.3 Å². The summed E-state index contributed by atoms with van der Waals surface area (Å²) in [6, 6.07) is 5.50. The molecule has 0 heterocycles. The number of rotatable bonds is 3. The second kappa shape index (κ2) is 3.94. The standard InChI is InChI=1S/C8H5Cl2FO2/c9-8(10,5-12)13-7-4-2-1-3-6(7)11/h1-5H. The van der Waals surface area contributed by atoms with Crippen LogP contribution in [-0.2, 0) is 4.79 Å². The summed E-state index contributed by atoms with van der Waals surface area (Å²) >= 11 is 10.7. The number of benzene rings is 1. The first kappa shape index (κ1) is 10.3. The number of hydrogen-bond acceptors (Lipinski definition) is 2. The van der Waals surface area contributed by atoms with Crippen molar-refractivity contribution in [2.45, 2.75) is 4.52 Å². The molecule has 70 valence electrons. The number of carbonyl (C=O) groups is 1. The van der Waals surface area contributed by atoms with Gasteiger partial charge >= 0.3 is 4.52 Å². The lowest BCUT2D eigenvalue weighted by Crippen LogP contribution is -2.23. The summed E-state index contributed by atoms with van der Waals surface area (Å²) in [4.78, 5) is 10.2. The van der Waals surface area contributed by atoms with Gasteiger partial charge in [-0.15, -0.1) is 0 Å². The minimum Gasteiger partial charge on any atom is -0.449 e. The van der Waals surface area contributed by atoms with E-state index in [0.717, 1.165) is 0 Å². The maximum Gasteiger partial charge on any atom is 0.315 e. The highest BCUT2D eigenvalue weighted by Crippen LogP contribution is 2.26. The van der Waals surface area contributed by atoms with Crippen LogP contribution in [0.4, 0.5) is 4.39 Å². The summed E-state index contributed by atoms with van der Waals surface area (Å²) < 4.78 is 15.5. The number of alkyl halides is 2. The Morgan fingerprint density at radius 2 is 2.00 bits per heavy atom. The zero-order valence-electron chi connectivity index (χ0n) is 6.34. The fraction of sp³-hybridized carbons (Fsp3) is 0.125. The Bertz CT molecular complexity index is 315. The Hall–Kier alpha value is -0.800. The van der Waals surface area contributed by atoms with Gasteiger partial charge in [0.2, 0.25) is 0 Å². The highest BCUT2D eigenvalue weighted by molar-refractivity contribution is 6.54. The van der Waals surface area contributed by atoms with Crippen molar-refractivity contribution < 1.29 is 13.9 Å². The van der Waals surface area contributed by atoms with Gasteiger partial charge in [-0.2, -0.15) is 0 Å². The minimum absolute atomic E-state index is 0.167. The molecule has 0 aliphatic rings. The van der Waals surface area contributed by atoms with Gasteiger partial charge in [-0.05, 0) is 35.3 Å². The quantitative estimate of drug-likeness (QED) is 0.581. The predicted molar refractivity (Wildman–Crippen MR) is 47.5 cm³/mol. The Balaban J connectivity index is 2.86. The first-order chi connectivity index (χ1) is 6.05. The van der Waals surface area contributed by atoms with E-state index in [1.807, 2.05) is 0 Å². The molecule has 2 nitrogen and oxygen atoms in total. The smallest absolute Gasteiger partial charge is 0.315 e. The number of hydrogen-bond donors (Lipinski definition) is 0. The Kier molecular flexibility index (Phi) is 3.12. The maximum atomic E-state index is 12.9. The van der Waals surface area contributed by atoms with Gasteiger partial charge in [-0.25, -0.2) is 4.39 Å². The fourth-order valence-electron chi connectivity index (χ4n) is 0.698. The first-order valence-corrected chi connectivity index (χ1v) is 4.08. The second-order valence-electron chi connectivity index (χ2n) is 2.21. The molecule has 0 aromatic heterocycles. The lowest BCUT2D eigenvalue weighted by molar-refractivity contribution is -0.112. The number of carbonyl (C=O) groups excluding carboxylic acids is 1. The Labute approximate surface area is 84.2 Å². The third-order valence-corrected chi connectivity index (χ3v) is 1.55. The van der Waals surface area contributed by atoms with E-state index < -0.39 is 10.3 Å². The molecule has 0 aliphatic heterocycles. The second-order valence-corrected chi connectivity index (χ2v) is 3.53. The summed E-state index contributed by atoms with van der Waals surface area (Å²) in [5, 5.41) is 0. The lowest BCUT2D eigenvalue weighted by Gasteiger charge is -2.14. The van der Waals surface area contributed by atoms with E-state index in [2.05, 4.69) is 4.74 Å². The number of para-hydroxylation sites is 1. The highest BCUT2D eigenvalue weighted by atomic mass is 35.5. The molecule has 0 unspecified atom stereocenters. The molecular weight excluding hydrogens is 218 g/mol. The van der Waals surface area contributed by atoms with Crippen LogP contribution in [0.5, 0.6) is 5.75 Å². The van der Waals surface area contributed by atoms with Crippen LogP contribution in [0.2, 0.25) is 0 Å². The van der Waals surface area contributed by atoms with Crippen molar-refractivity contribution in [3.8, 4) is 5.75 Å². The van der Waals surface area contributed by atoms with Gasteiger partial charge in [0.05, 0.1) is 0 Å². The summed E-state index contributed by atoms with van der Waals surface area (Å²) in [7, 11) is 0. The van der Waals surface area contributed by atoms with Crippen molar-refractivity contribution in [1.29, 1.82) is 0 Å². The molecular formula is C8H5Cl2FO2. The van der Waals surface area contributed by atoms with E-state index in [1.54, 1.807) is 0 Å². The Morgan fingerprint density at radius 1 is 1.38 bits per heavy atom. The topological polar surface area (TPSA) is 26.3 Å². The van der Waals surface area contributed by atoms with E-state index in [-0.39, 0.29) is 12.0 Å². The van der Waals surface area contributed by atoms with Gasteiger partial charge in [0.25, 0.3) is 0 Å². The zero-order valence-corrected chi connectivity index (χ0v) is 7.85. The van der Waals surface area contributed by atoms with Crippen molar-refractivity contribution in [3.05, 3.63) is 30.1 Å². The van der Waals surface area contributed by atoms with Gasteiger partial charge in [-0.3, -0.25) is 4.79 Å². The first-order valence-electron chi connectivity index (χ1n) is 3.33. The summed E-state index contributed by atoms with van der Waals surface area (Å²) in [6.45, 7) is 0. The normalized spacial score (nSPS) is 11.0. The van der Waals surface area contributed by atoms with E-state index in [4.69, 9.17) is 23.2 Å². The van der Waals surface area contributed by atoms with Crippen LogP contribution in [0.1, 0.15) is 0 Å². The SMILES string of the molecule is O=CC(Cl)(Cl)Oc1ccccc1F. The molecule has 13 heavy (non-hydrogen) atoms.